The summed E-state index contributed by atoms with van der Waals surface area (Å²) in [5.74, 6) is -1.73. The lowest BCUT2D eigenvalue weighted by Gasteiger charge is -2.09. The minimum atomic E-state index is -2.95. The number of carbonyl (C=O) groups is 1. The number of ether oxygens (including phenoxy) is 1. The summed E-state index contributed by atoms with van der Waals surface area (Å²) in [6.45, 7) is 0. The Morgan fingerprint density at radius 2 is 1.87 bits per heavy atom. The van der Waals surface area contributed by atoms with E-state index in [2.05, 4.69) is 4.36 Å². The van der Waals surface area contributed by atoms with Gasteiger partial charge in [0.25, 0.3) is 0 Å². The van der Waals surface area contributed by atoms with Gasteiger partial charge in [0.15, 0.2) is 0 Å². The molecule has 10 heteroatoms. The SMILES string of the molecule is O=C(O)c1cc(N=S(=O)=O)c(Oc2ccccc2)c([N+](=O)[O-])c1. The van der Waals surface area contributed by atoms with Crippen molar-refractivity contribution in [1.29, 1.82) is 0 Å². The van der Waals surface area contributed by atoms with E-state index in [1.807, 2.05) is 0 Å². The Labute approximate surface area is 130 Å². The summed E-state index contributed by atoms with van der Waals surface area (Å²) < 4.78 is 30.1. The summed E-state index contributed by atoms with van der Waals surface area (Å²) in [5, 5.41) is 20.1. The molecule has 0 fully saturated rings. The Balaban J connectivity index is 2.72. The summed E-state index contributed by atoms with van der Waals surface area (Å²) in [4.78, 5) is 21.3. The Kier molecular flexibility index (Phi) is 4.66. The molecule has 23 heavy (non-hydrogen) atoms. The van der Waals surface area contributed by atoms with Crippen molar-refractivity contribution in [2.24, 2.45) is 4.36 Å². The third kappa shape index (κ3) is 3.89. The number of carboxylic acids is 1. The van der Waals surface area contributed by atoms with Crippen LogP contribution in [0.3, 0.4) is 0 Å². The van der Waals surface area contributed by atoms with E-state index >= 15 is 0 Å². The maximum absolute atomic E-state index is 11.2. The van der Waals surface area contributed by atoms with Crippen molar-refractivity contribution in [1.82, 2.24) is 0 Å². The summed E-state index contributed by atoms with van der Waals surface area (Å²) in [7, 11) is -2.95. The fourth-order valence-corrected chi connectivity index (χ4v) is 2.01. The van der Waals surface area contributed by atoms with Crippen molar-refractivity contribution in [2.45, 2.75) is 0 Å². The molecule has 1 N–H and O–H groups in total. The molecule has 0 aliphatic heterocycles. The van der Waals surface area contributed by atoms with E-state index < -0.39 is 44.1 Å². The van der Waals surface area contributed by atoms with E-state index in [-0.39, 0.29) is 5.75 Å². The largest absolute Gasteiger partial charge is 0.478 e. The predicted octanol–water partition coefficient (Wildman–Crippen LogP) is 2.78. The van der Waals surface area contributed by atoms with Crippen molar-refractivity contribution < 1.29 is 28.0 Å². The second-order valence-corrected chi connectivity index (χ2v) is 4.75. The van der Waals surface area contributed by atoms with Crippen LogP contribution in [-0.4, -0.2) is 24.4 Å². The highest BCUT2D eigenvalue weighted by molar-refractivity contribution is 7.61. The Morgan fingerprint density at radius 3 is 2.39 bits per heavy atom. The van der Waals surface area contributed by atoms with Gasteiger partial charge in [0, 0.05) is 6.07 Å². The molecule has 0 bridgehead atoms. The number of nitro benzene ring substituents is 1. The van der Waals surface area contributed by atoms with E-state index in [1.54, 1.807) is 18.2 Å². The van der Waals surface area contributed by atoms with Gasteiger partial charge in [-0.1, -0.05) is 18.2 Å². The molecule has 0 saturated heterocycles. The Bertz CT molecular complexity index is 899. The summed E-state index contributed by atoms with van der Waals surface area (Å²) >= 11 is 0. The minimum Gasteiger partial charge on any atom is -0.478 e. The first-order chi connectivity index (χ1) is 10.9. The summed E-state index contributed by atoms with van der Waals surface area (Å²) in [5.41, 5.74) is -1.67. The summed E-state index contributed by atoms with van der Waals surface area (Å²) in [6.07, 6.45) is 0. The van der Waals surface area contributed by atoms with Crippen molar-refractivity contribution >= 4 is 27.8 Å². The number of hydrogen-bond donors (Lipinski definition) is 1. The molecule has 2 rings (SSSR count). The fraction of sp³-hybridized carbons (Fsp3) is 0. The highest BCUT2D eigenvalue weighted by Gasteiger charge is 2.24. The van der Waals surface area contributed by atoms with Crippen molar-refractivity contribution in [3.05, 3.63) is 58.1 Å². The molecule has 9 nitrogen and oxygen atoms in total. The third-order valence-corrected chi connectivity index (χ3v) is 2.98. The van der Waals surface area contributed by atoms with Gasteiger partial charge in [-0.15, -0.1) is 4.36 Å². The lowest BCUT2D eigenvalue weighted by molar-refractivity contribution is -0.385. The molecule has 0 aliphatic rings. The Hall–Kier alpha value is -3.27. The molecule has 0 unspecified atom stereocenters. The van der Waals surface area contributed by atoms with Gasteiger partial charge in [0.1, 0.15) is 11.4 Å². The monoisotopic (exact) mass is 336 g/mol. The second-order valence-electron chi connectivity index (χ2n) is 4.13. The van der Waals surface area contributed by atoms with Gasteiger partial charge in [0.2, 0.25) is 5.75 Å². The van der Waals surface area contributed by atoms with E-state index in [9.17, 15) is 23.3 Å². The van der Waals surface area contributed by atoms with E-state index in [0.717, 1.165) is 12.1 Å². The van der Waals surface area contributed by atoms with Crippen LogP contribution in [0.5, 0.6) is 11.5 Å². The molecule has 0 aromatic heterocycles. The average Bonchev–Trinajstić information content (AvgIpc) is 2.48. The molecule has 0 amide bonds. The first-order valence-corrected chi connectivity index (χ1v) is 7.01. The molecular weight excluding hydrogens is 328 g/mol. The molecule has 118 valence electrons. The number of hydrogen-bond acceptors (Lipinski definition) is 7. The standard InChI is InChI=1S/C13H8N2O7S/c16-13(17)8-6-10(14-23(20)21)12(11(7-8)15(18)19)22-9-4-2-1-3-5-9/h1-7H,(H,16,17). The van der Waals surface area contributed by atoms with Gasteiger partial charge in [-0.3, -0.25) is 10.1 Å². The number of benzene rings is 2. The highest BCUT2D eigenvalue weighted by Crippen LogP contribution is 2.41. The molecule has 0 atom stereocenters. The molecule has 0 spiro atoms. The van der Waals surface area contributed by atoms with Gasteiger partial charge in [0.05, 0.1) is 10.5 Å². The topological polar surface area (TPSA) is 136 Å². The van der Waals surface area contributed by atoms with Crippen LogP contribution in [0.1, 0.15) is 10.4 Å². The first kappa shape index (κ1) is 16.1. The van der Waals surface area contributed by atoms with Crippen LogP contribution in [0.2, 0.25) is 0 Å². The van der Waals surface area contributed by atoms with Crippen LogP contribution < -0.4 is 4.74 Å². The number of rotatable bonds is 5. The van der Waals surface area contributed by atoms with Gasteiger partial charge >= 0.3 is 22.2 Å². The number of carboxylic acid groups (broad SMARTS) is 1. The maximum Gasteiger partial charge on any atom is 0.336 e. The molecule has 0 heterocycles. The zero-order chi connectivity index (χ0) is 17.0. The van der Waals surface area contributed by atoms with Crippen LogP contribution in [0.15, 0.2) is 46.8 Å². The fourth-order valence-electron chi connectivity index (χ4n) is 1.72. The van der Waals surface area contributed by atoms with Gasteiger partial charge in [-0.05, 0) is 18.2 Å². The smallest absolute Gasteiger partial charge is 0.336 e. The molecule has 2 aromatic rings. The zero-order valence-corrected chi connectivity index (χ0v) is 12.1. The lowest BCUT2D eigenvalue weighted by atomic mass is 10.1. The number of aromatic carboxylic acids is 1. The van der Waals surface area contributed by atoms with E-state index in [1.165, 1.54) is 12.1 Å². The van der Waals surface area contributed by atoms with Gasteiger partial charge in [-0.25, -0.2) is 4.79 Å². The molecule has 0 aliphatic carbocycles. The number of nitro groups is 1. The molecule has 0 saturated carbocycles. The van der Waals surface area contributed by atoms with Crippen molar-refractivity contribution in [3.8, 4) is 11.5 Å². The van der Waals surface area contributed by atoms with Crippen molar-refractivity contribution in [3.63, 3.8) is 0 Å². The quantitative estimate of drug-likeness (QED) is 0.654. The Morgan fingerprint density at radius 1 is 1.22 bits per heavy atom. The predicted molar refractivity (Wildman–Crippen MR) is 77.6 cm³/mol. The number of para-hydroxylation sites is 1. The van der Waals surface area contributed by atoms with E-state index in [4.69, 9.17) is 9.84 Å². The van der Waals surface area contributed by atoms with Crippen molar-refractivity contribution in [2.75, 3.05) is 0 Å². The number of nitrogens with zero attached hydrogens (tertiary/aromatic N) is 2. The summed E-state index contributed by atoms with van der Waals surface area (Å²) in [6, 6.07) is 9.54. The maximum atomic E-state index is 11.2. The van der Waals surface area contributed by atoms with Crippen LogP contribution >= 0.6 is 0 Å². The second kappa shape index (κ2) is 6.66. The third-order valence-electron chi connectivity index (χ3n) is 2.63. The van der Waals surface area contributed by atoms with Gasteiger partial charge < -0.3 is 9.84 Å². The van der Waals surface area contributed by atoms with Gasteiger partial charge in [-0.2, -0.15) is 8.42 Å². The molecular formula is C13H8N2O7S. The molecule has 0 radical (unpaired) electrons. The zero-order valence-electron chi connectivity index (χ0n) is 11.2. The lowest BCUT2D eigenvalue weighted by Crippen LogP contribution is -2.00. The highest BCUT2D eigenvalue weighted by atomic mass is 32.2. The van der Waals surface area contributed by atoms with Crippen LogP contribution in [0.25, 0.3) is 0 Å². The van der Waals surface area contributed by atoms with Crippen LogP contribution in [-0.2, 0) is 10.5 Å². The normalized spacial score (nSPS) is 9.91. The average molecular weight is 336 g/mol. The van der Waals surface area contributed by atoms with Crippen LogP contribution in [0, 0.1) is 10.1 Å². The first-order valence-electron chi connectivity index (χ1n) is 5.98. The van der Waals surface area contributed by atoms with E-state index in [0.29, 0.717) is 0 Å². The van der Waals surface area contributed by atoms with Crippen LogP contribution in [0.4, 0.5) is 11.4 Å². The minimum absolute atomic E-state index is 0.201. The molecule has 2 aromatic carbocycles.